The van der Waals surface area contributed by atoms with Crippen molar-refractivity contribution in [2.45, 2.75) is 6.92 Å². The highest BCUT2D eigenvalue weighted by Gasteiger charge is 2.11. The molecule has 5 rings (SSSR count). The van der Waals surface area contributed by atoms with Gasteiger partial charge in [0.05, 0.1) is 30.8 Å². The van der Waals surface area contributed by atoms with Gasteiger partial charge in [-0.15, -0.1) is 0 Å². The smallest absolute Gasteiger partial charge is 0.159 e. The first-order chi connectivity index (χ1) is 16.2. The molecule has 1 aliphatic heterocycles. The molecule has 3 heterocycles. The van der Waals surface area contributed by atoms with Gasteiger partial charge in [-0.3, -0.25) is 9.69 Å². The van der Waals surface area contributed by atoms with E-state index in [0.29, 0.717) is 12.2 Å². The van der Waals surface area contributed by atoms with E-state index in [1.165, 1.54) is 0 Å². The monoisotopic (exact) mass is 442 g/mol. The van der Waals surface area contributed by atoms with Gasteiger partial charge in [0.25, 0.3) is 0 Å². The van der Waals surface area contributed by atoms with E-state index in [1.807, 2.05) is 65.2 Å². The Morgan fingerprint density at radius 2 is 1.70 bits per heavy atom. The number of carbonyl (C=O) groups is 1. The molecular formula is C26H26N4O3. The van der Waals surface area contributed by atoms with Gasteiger partial charge in [-0.2, -0.15) is 5.10 Å². The summed E-state index contributed by atoms with van der Waals surface area (Å²) in [5.74, 6) is 0.899. The van der Waals surface area contributed by atoms with Crippen molar-refractivity contribution in [2.24, 2.45) is 0 Å². The van der Waals surface area contributed by atoms with Gasteiger partial charge in [0.1, 0.15) is 12.4 Å². The molecule has 0 radical (unpaired) electrons. The van der Waals surface area contributed by atoms with Crippen LogP contribution >= 0.6 is 0 Å². The van der Waals surface area contributed by atoms with E-state index in [-0.39, 0.29) is 5.78 Å². The zero-order chi connectivity index (χ0) is 22.6. The highest BCUT2D eigenvalue weighted by atomic mass is 16.5. The van der Waals surface area contributed by atoms with Gasteiger partial charge in [0, 0.05) is 36.3 Å². The zero-order valence-electron chi connectivity index (χ0n) is 18.6. The van der Waals surface area contributed by atoms with Crippen LogP contribution < -0.4 is 4.74 Å². The molecule has 4 aromatic rings. The Balaban J connectivity index is 1.31. The first-order valence-electron chi connectivity index (χ1n) is 11.2. The number of nitrogens with zero attached hydrogens (tertiary/aromatic N) is 4. The molecule has 1 aliphatic rings. The predicted octanol–water partition coefficient (Wildman–Crippen LogP) is 3.98. The van der Waals surface area contributed by atoms with E-state index in [1.54, 1.807) is 13.1 Å². The molecule has 1 fully saturated rings. The van der Waals surface area contributed by atoms with Crippen LogP contribution in [0.3, 0.4) is 0 Å². The number of ketones is 1. The molecule has 0 bridgehead atoms. The highest BCUT2D eigenvalue weighted by molar-refractivity contribution is 5.94. The van der Waals surface area contributed by atoms with Gasteiger partial charge in [-0.25, -0.2) is 9.50 Å². The van der Waals surface area contributed by atoms with Crippen molar-refractivity contribution in [1.29, 1.82) is 0 Å². The van der Waals surface area contributed by atoms with Gasteiger partial charge in [-0.05, 0) is 43.3 Å². The Morgan fingerprint density at radius 1 is 0.970 bits per heavy atom. The average Bonchev–Trinajstić information content (AvgIpc) is 3.28. The van der Waals surface area contributed by atoms with Crippen molar-refractivity contribution in [1.82, 2.24) is 19.5 Å². The fourth-order valence-electron chi connectivity index (χ4n) is 3.94. The van der Waals surface area contributed by atoms with E-state index in [9.17, 15) is 4.79 Å². The molecule has 0 unspecified atom stereocenters. The number of Topliss-reactive ketones (excluding diaryl/α,β-unsaturated/α-hetero) is 1. The van der Waals surface area contributed by atoms with E-state index in [4.69, 9.17) is 14.6 Å². The third-order valence-electron chi connectivity index (χ3n) is 5.88. The summed E-state index contributed by atoms with van der Waals surface area (Å²) in [6.07, 6.45) is 1.81. The summed E-state index contributed by atoms with van der Waals surface area (Å²) in [7, 11) is 0. The summed E-state index contributed by atoms with van der Waals surface area (Å²) in [5.41, 5.74) is 5.15. The fourth-order valence-corrected chi connectivity index (χ4v) is 3.94. The molecule has 0 aliphatic carbocycles. The molecule has 0 N–H and O–H groups in total. The largest absolute Gasteiger partial charge is 0.492 e. The Labute approximate surface area is 192 Å². The average molecular weight is 443 g/mol. The minimum atomic E-state index is 0.0497. The number of fused-ring (bicyclic) bond motifs is 1. The van der Waals surface area contributed by atoms with Gasteiger partial charge >= 0.3 is 0 Å². The molecule has 1 saturated heterocycles. The van der Waals surface area contributed by atoms with E-state index < -0.39 is 0 Å². The Kier molecular flexibility index (Phi) is 6.15. The third-order valence-corrected chi connectivity index (χ3v) is 5.88. The summed E-state index contributed by atoms with van der Waals surface area (Å²) in [6.45, 7) is 6.66. The number of rotatable bonds is 7. The number of aromatic nitrogens is 3. The summed E-state index contributed by atoms with van der Waals surface area (Å²) < 4.78 is 13.1. The van der Waals surface area contributed by atoms with Gasteiger partial charge in [0.15, 0.2) is 11.4 Å². The third kappa shape index (κ3) is 4.79. The molecule has 0 amide bonds. The van der Waals surface area contributed by atoms with E-state index in [0.717, 1.165) is 66.8 Å². The maximum atomic E-state index is 11.6. The topological polar surface area (TPSA) is 69.0 Å². The lowest BCUT2D eigenvalue weighted by atomic mass is 10.1. The van der Waals surface area contributed by atoms with Gasteiger partial charge < -0.3 is 9.47 Å². The first-order valence-corrected chi connectivity index (χ1v) is 11.2. The molecular weight excluding hydrogens is 416 g/mol. The van der Waals surface area contributed by atoms with Crippen LogP contribution in [0.4, 0.5) is 0 Å². The normalized spacial score (nSPS) is 14.5. The summed E-state index contributed by atoms with van der Waals surface area (Å²) >= 11 is 0. The summed E-state index contributed by atoms with van der Waals surface area (Å²) in [4.78, 5) is 18.4. The van der Waals surface area contributed by atoms with Crippen LogP contribution in [0.2, 0.25) is 0 Å². The molecule has 0 atom stereocenters. The van der Waals surface area contributed by atoms with Crippen molar-refractivity contribution >= 4 is 11.4 Å². The molecule has 7 nitrogen and oxygen atoms in total. The van der Waals surface area contributed by atoms with Crippen molar-refractivity contribution < 1.29 is 14.3 Å². The molecule has 2 aromatic carbocycles. The second kappa shape index (κ2) is 9.52. The lowest BCUT2D eigenvalue weighted by Crippen LogP contribution is -2.38. The van der Waals surface area contributed by atoms with Crippen LogP contribution in [0, 0.1) is 0 Å². The number of benzene rings is 2. The van der Waals surface area contributed by atoms with Crippen molar-refractivity contribution in [2.75, 3.05) is 39.5 Å². The maximum absolute atomic E-state index is 11.6. The van der Waals surface area contributed by atoms with Gasteiger partial charge in [-0.1, -0.05) is 24.3 Å². The van der Waals surface area contributed by atoms with Gasteiger partial charge in [0.2, 0.25) is 0 Å². The lowest BCUT2D eigenvalue weighted by Gasteiger charge is -2.26. The van der Waals surface area contributed by atoms with E-state index >= 15 is 0 Å². The number of carbonyl (C=O) groups excluding carboxylic acids is 1. The van der Waals surface area contributed by atoms with Crippen molar-refractivity contribution in [3.63, 3.8) is 0 Å². The first kappa shape index (κ1) is 21.3. The van der Waals surface area contributed by atoms with Crippen LogP contribution in [-0.2, 0) is 4.74 Å². The minimum Gasteiger partial charge on any atom is -0.492 e. The highest BCUT2D eigenvalue weighted by Crippen LogP contribution is 2.25. The Hall–Kier alpha value is -3.55. The molecule has 33 heavy (non-hydrogen) atoms. The standard InChI is InChI=1S/C26H26N4O3/c1-19(31)20-2-4-22(5-3-20)25-18-27-26-11-10-24(28-30(25)26)21-6-8-23(9-7-21)33-17-14-29-12-15-32-16-13-29/h2-11,18H,12-17H2,1H3. The number of hydrogen-bond acceptors (Lipinski definition) is 6. The van der Waals surface area contributed by atoms with Crippen LogP contribution in [0.25, 0.3) is 28.2 Å². The molecule has 168 valence electrons. The maximum Gasteiger partial charge on any atom is 0.159 e. The number of imidazole rings is 1. The number of ether oxygens (including phenoxy) is 2. The van der Waals surface area contributed by atoms with Crippen molar-refractivity contribution in [3.8, 4) is 28.3 Å². The fraction of sp³-hybridized carbons (Fsp3) is 0.269. The van der Waals surface area contributed by atoms with Crippen LogP contribution in [0.5, 0.6) is 5.75 Å². The van der Waals surface area contributed by atoms with E-state index in [2.05, 4.69) is 9.88 Å². The molecule has 7 heteroatoms. The number of morpholine rings is 1. The molecule has 0 spiro atoms. The van der Waals surface area contributed by atoms with Crippen LogP contribution in [-0.4, -0.2) is 64.7 Å². The molecule has 2 aromatic heterocycles. The summed E-state index contributed by atoms with van der Waals surface area (Å²) in [6, 6.07) is 19.5. The second-order valence-corrected chi connectivity index (χ2v) is 8.09. The second-order valence-electron chi connectivity index (χ2n) is 8.09. The molecule has 0 saturated carbocycles. The summed E-state index contributed by atoms with van der Waals surface area (Å²) in [5, 5.41) is 4.82. The lowest BCUT2D eigenvalue weighted by molar-refractivity contribution is 0.0322. The Bertz CT molecular complexity index is 1240. The zero-order valence-corrected chi connectivity index (χ0v) is 18.6. The predicted molar refractivity (Wildman–Crippen MR) is 127 cm³/mol. The minimum absolute atomic E-state index is 0.0497. The Morgan fingerprint density at radius 3 is 2.42 bits per heavy atom. The van der Waals surface area contributed by atoms with Crippen molar-refractivity contribution in [3.05, 3.63) is 72.4 Å². The number of hydrogen-bond donors (Lipinski definition) is 0. The SMILES string of the molecule is CC(=O)c1ccc(-c2cnc3ccc(-c4ccc(OCCN5CCOCC5)cc4)nn23)cc1. The van der Waals surface area contributed by atoms with Crippen LogP contribution in [0.15, 0.2) is 66.9 Å². The quantitative estimate of drug-likeness (QED) is 0.404. The van der Waals surface area contributed by atoms with Crippen LogP contribution in [0.1, 0.15) is 17.3 Å².